The molecule has 1 amide bonds. The third-order valence-corrected chi connectivity index (χ3v) is 5.23. The highest BCUT2D eigenvalue weighted by atomic mass is 16.5. The van der Waals surface area contributed by atoms with Gasteiger partial charge in [0.15, 0.2) is 0 Å². The number of rotatable bonds is 8. The number of hydrogen-bond acceptors (Lipinski definition) is 6. The summed E-state index contributed by atoms with van der Waals surface area (Å²) in [6.07, 6.45) is 4.15. The van der Waals surface area contributed by atoms with Gasteiger partial charge in [-0.25, -0.2) is 0 Å². The third-order valence-electron chi connectivity index (χ3n) is 5.23. The summed E-state index contributed by atoms with van der Waals surface area (Å²) in [4.78, 5) is 13.0. The Morgan fingerprint density at radius 1 is 1.26 bits per heavy atom. The summed E-state index contributed by atoms with van der Waals surface area (Å²) >= 11 is 0. The van der Waals surface area contributed by atoms with Crippen LogP contribution in [0.15, 0.2) is 48.8 Å². The summed E-state index contributed by atoms with van der Waals surface area (Å²) in [5, 5.41) is 12.9. The standard InChI is InChI=1S/C23H26N4O4/c1-24-7-8-30-22-11-15(18-12-25-26-13-18)3-5-20(22)27-23(28)17-9-16-10-19(29-2)4-6-21(16)31-14-17/h3-6,10-13,17,24H,7-9,14H2,1-2H3,(H,25,26)(H,27,28). The maximum atomic E-state index is 13.0. The summed E-state index contributed by atoms with van der Waals surface area (Å²) in [5.74, 6) is 1.74. The number of fused-ring (bicyclic) bond motifs is 1. The van der Waals surface area contributed by atoms with Crippen LogP contribution in [0.4, 0.5) is 5.69 Å². The number of nitrogens with zero attached hydrogens (tertiary/aromatic N) is 1. The zero-order chi connectivity index (χ0) is 21.6. The first-order valence-corrected chi connectivity index (χ1v) is 10.2. The Kier molecular flexibility index (Phi) is 6.37. The van der Waals surface area contributed by atoms with Crippen LogP contribution in [0, 0.1) is 5.92 Å². The molecule has 1 aromatic heterocycles. The number of benzene rings is 2. The van der Waals surface area contributed by atoms with E-state index >= 15 is 0 Å². The van der Waals surface area contributed by atoms with Gasteiger partial charge >= 0.3 is 0 Å². The van der Waals surface area contributed by atoms with E-state index in [1.54, 1.807) is 13.3 Å². The number of ether oxygens (including phenoxy) is 3. The molecule has 3 N–H and O–H groups in total. The molecular formula is C23H26N4O4. The minimum Gasteiger partial charge on any atom is -0.497 e. The minimum absolute atomic E-state index is 0.108. The zero-order valence-electron chi connectivity index (χ0n) is 17.6. The lowest BCUT2D eigenvalue weighted by Crippen LogP contribution is -2.32. The van der Waals surface area contributed by atoms with Crippen LogP contribution < -0.4 is 24.8 Å². The van der Waals surface area contributed by atoms with E-state index in [1.165, 1.54) is 0 Å². The van der Waals surface area contributed by atoms with E-state index in [9.17, 15) is 4.79 Å². The van der Waals surface area contributed by atoms with Crippen LogP contribution in [0.1, 0.15) is 5.56 Å². The highest BCUT2D eigenvalue weighted by molar-refractivity contribution is 5.95. The number of likely N-dealkylation sites (N-methyl/N-ethyl adjacent to an activating group) is 1. The van der Waals surface area contributed by atoms with Crippen LogP contribution in [0.5, 0.6) is 17.2 Å². The molecule has 0 saturated heterocycles. The average Bonchev–Trinajstić information content (AvgIpc) is 3.34. The van der Waals surface area contributed by atoms with E-state index in [4.69, 9.17) is 14.2 Å². The number of methoxy groups -OCH3 is 1. The molecular weight excluding hydrogens is 396 g/mol. The zero-order valence-corrected chi connectivity index (χ0v) is 17.6. The van der Waals surface area contributed by atoms with Gasteiger partial charge in [-0.15, -0.1) is 0 Å². The second-order valence-electron chi connectivity index (χ2n) is 7.32. The molecule has 31 heavy (non-hydrogen) atoms. The Hall–Kier alpha value is -3.52. The van der Waals surface area contributed by atoms with Crippen molar-refractivity contribution in [3.8, 4) is 28.4 Å². The largest absolute Gasteiger partial charge is 0.497 e. The number of aromatic nitrogens is 2. The minimum atomic E-state index is -0.307. The van der Waals surface area contributed by atoms with Crippen LogP contribution in [0.25, 0.3) is 11.1 Å². The van der Waals surface area contributed by atoms with E-state index in [0.29, 0.717) is 37.6 Å². The Morgan fingerprint density at radius 3 is 2.94 bits per heavy atom. The highest BCUT2D eigenvalue weighted by Crippen LogP contribution is 2.33. The summed E-state index contributed by atoms with van der Waals surface area (Å²) in [6.45, 7) is 1.50. The first kappa shape index (κ1) is 20.7. The van der Waals surface area contributed by atoms with Gasteiger partial charge in [-0.3, -0.25) is 9.89 Å². The number of anilines is 1. The monoisotopic (exact) mass is 422 g/mol. The van der Waals surface area contributed by atoms with Gasteiger partial charge in [-0.2, -0.15) is 5.10 Å². The van der Waals surface area contributed by atoms with Crippen molar-refractivity contribution in [1.29, 1.82) is 0 Å². The van der Waals surface area contributed by atoms with Crippen LogP contribution >= 0.6 is 0 Å². The quantitative estimate of drug-likeness (QED) is 0.483. The molecule has 0 fully saturated rings. The van der Waals surface area contributed by atoms with Gasteiger partial charge in [-0.1, -0.05) is 6.07 Å². The highest BCUT2D eigenvalue weighted by Gasteiger charge is 2.27. The second kappa shape index (κ2) is 9.53. The molecule has 2 heterocycles. The van der Waals surface area contributed by atoms with Gasteiger partial charge in [-0.05, 0) is 54.9 Å². The molecule has 0 radical (unpaired) electrons. The molecule has 0 saturated carbocycles. The summed E-state index contributed by atoms with van der Waals surface area (Å²) in [6, 6.07) is 11.4. The Labute approximate surface area is 180 Å². The molecule has 162 valence electrons. The van der Waals surface area contributed by atoms with Gasteiger partial charge < -0.3 is 24.8 Å². The van der Waals surface area contributed by atoms with E-state index in [0.717, 1.165) is 28.2 Å². The number of nitrogens with one attached hydrogen (secondary N) is 3. The topological polar surface area (TPSA) is 97.5 Å². The maximum absolute atomic E-state index is 13.0. The Bertz CT molecular complexity index is 1040. The molecule has 4 rings (SSSR count). The lowest BCUT2D eigenvalue weighted by Gasteiger charge is -2.25. The Balaban J connectivity index is 1.51. The van der Waals surface area contributed by atoms with Gasteiger partial charge in [0.05, 0.1) is 24.9 Å². The van der Waals surface area contributed by atoms with Crippen molar-refractivity contribution in [1.82, 2.24) is 15.5 Å². The lowest BCUT2D eigenvalue weighted by molar-refractivity contribution is -0.121. The fraction of sp³-hybridized carbons (Fsp3) is 0.304. The van der Waals surface area contributed by atoms with Crippen molar-refractivity contribution in [3.05, 3.63) is 54.4 Å². The van der Waals surface area contributed by atoms with Crippen molar-refractivity contribution in [3.63, 3.8) is 0 Å². The van der Waals surface area contributed by atoms with Crippen molar-refractivity contribution in [2.45, 2.75) is 6.42 Å². The second-order valence-corrected chi connectivity index (χ2v) is 7.32. The number of hydrogen-bond donors (Lipinski definition) is 3. The molecule has 0 spiro atoms. The fourth-order valence-electron chi connectivity index (χ4n) is 3.50. The first-order valence-electron chi connectivity index (χ1n) is 10.2. The summed E-state index contributed by atoms with van der Waals surface area (Å²) < 4.78 is 17.0. The van der Waals surface area contributed by atoms with E-state index in [-0.39, 0.29) is 11.8 Å². The summed E-state index contributed by atoms with van der Waals surface area (Å²) in [7, 11) is 3.49. The van der Waals surface area contributed by atoms with Crippen LogP contribution in [-0.2, 0) is 11.2 Å². The number of carbonyl (C=O) groups excluding carboxylic acids is 1. The van der Waals surface area contributed by atoms with Crippen molar-refractivity contribution in [2.75, 3.05) is 39.2 Å². The summed E-state index contributed by atoms with van der Waals surface area (Å²) in [5.41, 5.74) is 3.49. The Morgan fingerprint density at radius 2 is 2.16 bits per heavy atom. The maximum Gasteiger partial charge on any atom is 0.231 e. The normalized spacial score (nSPS) is 15.0. The van der Waals surface area contributed by atoms with Gasteiger partial charge in [0.25, 0.3) is 0 Å². The third kappa shape index (κ3) is 4.80. The molecule has 8 heteroatoms. The van der Waals surface area contributed by atoms with Gasteiger partial charge in [0.2, 0.25) is 5.91 Å². The van der Waals surface area contributed by atoms with E-state index in [1.807, 2.05) is 49.6 Å². The van der Waals surface area contributed by atoms with Crippen LogP contribution in [0.3, 0.4) is 0 Å². The molecule has 1 aliphatic heterocycles. The van der Waals surface area contributed by atoms with Crippen molar-refractivity contribution < 1.29 is 19.0 Å². The van der Waals surface area contributed by atoms with Crippen LogP contribution in [-0.4, -0.2) is 50.0 Å². The predicted octanol–water partition coefficient (Wildman–Crippen LogP) is 2.87. The molecule has 3 aromatic rings. The van der Waals surface area contributed by atoms with Gasteiger partial charge in [0.1, 0.15) is 30.5 Å². The van der Waals surface area contributed by atoms with Crippen molar-refractivity contribution >= 4 is 11.6 Å². The first-order chi connectivity index (χ1) is 15.2. The lowest BCUT2D eigenvalue weighted by atomic mass is 9.95. The number of H-pyrrole nitrogens is 1. The molecule has 1 unspecified atom stereocenters. The fourth-order valence-corrected chi connectivity index (χ4v) is 3.50. The molecule has 2 aromatic carbocycles. The molecule has 0 bridgehead atoms. The SMILES string of the molecule is CNCCOc1cc(-c2cn[nH]c2)ccc1NC(=O)C1COc2ccc(OC)cc2C1. The number of amides is 1. The molecule has 1 atom stereocenters. The molecule has 1 aliphatic rings. The average molecular weight is 422 g/mol. The number of carbonyl (C=O) groups is 1. The smallest absolute Gasteiger partial charge is 0.231 e. The van der Waals surface area contributed by atoms with E-state index < -0.39 is 0 Å². The molecule has 8 nitrogen and oxygen atoms in total. The van der Waals surface area contributed by atoms with Crippen molar-refractivity contribution in [2.24, 2.45) is 5.92 Å². The molecule has 0 aliphatic carbocycles. The van der Waals surface area contributed by atoms with Gasteiger partial charge in [0, 0.05) is 18.3 Å². The number of aromatic amines is 1. The predicted molar refractivity (Wildman–Crippen MR) is 118 cm³/mol. The van der Waals surface area contributed by atoms with Crippen LogP contribution in [0.2, 0.25) is 0 Å². The van der Waals surface area contributed by atoms with E-state index in [2.05, 4.69) is 20.8 Å².